The van der Waals surface area contributed by atoms with Crippen LogP contribution >= 0.6 is 0 Å². The van der Waals surface area contributed by atoms with E-state index >= 15 is 0 Å². The molecule has 0 saturated carbocycles. The number of hydrogen-bond donors (Lipinski definition) is 1. The summed E-state index contributed by atoms with van der Waals surface area (Å²) >= 11 is 0. The van der Waals surface area contributed by atoms with E-state index in [9.17, 15) is 15.2 Å². The second-order valence-electron chi connectivity index (χ2n) is 3.15. The van der Waals surface area contributed by atoms with Gasteiger partial charge in [-0.2, -0.15) is 0 Å². The summed E-state index contributed by atoms with van der Waals surface area (Å²) in [6, 6.07) is 6.01. The third-order valence-electron chi connectivity index (χ3n) is 2.05. The molecule has 0 spiro atoms. The number of rotatable bonds is 4. The fourth-order valence-corrected chi connectivity index (χ4v) is 1.26. The molecule has 0 heterocycles. The first-order chi connectivity index (χ1) is 6.65. The van der Waals surface area contributed by atoms with Crippen molar-refractivity contribution in [1.82, 2.24) is 0 Å². The van der Waals surface area contributed by atoms with Crippen LogP contribution in [0.25, 0.3) is 0 Å². The van der Waals surface area contributed by atoms with Gasteiger partial charge >= 0.3 is 0 Å². The molecule has 0 fully saturated rings. The Morgan fingerprint density at radius 3 is 2.43 bits per heavy atom. The zero-order valence-corrected chi connectivity index (χ0v) is 8.01. The minimum Gasteiger partial charge on any atom is -0.388 e. The molecule has 1 aromatic rings. The molecule has 4 nitrogen and oxygen atoms in total. The lowest BCUT2D eigenvalue weighted by Gasteiger charge is -2.08. The summed E-state index contributed by atoms with van der Waals surface area (Å²) in [7, 11) is 0. The van der Waals surface area contributed by atoms with Crippen molar-refractivity contribution in [3.05, 3.63) is 39.9 Å². The van der Waals surface area contributed by atoms with E-state index in [-0.39, 0.29) is 5.69 Å². The highest BCUT2D eigenvalue weighted by Crippen LogP contribution is 2.20. The Labute approximate surface area is 82.3 Å². The Morgan fingerprint density at radius 2 is 2.00 bits per heavy atom. The van der Waals surface area contributed by atoms with Gasteiger partial charge in [0.1, 0.15) is 0 Å². The summed E-state index contributed by atoms with van der Waals surface area (Å²) in [5.74, 6) is 0. The lowest BCUT2D eigenvalue weighted by Crippen LogP contribution is -1.96. The van der Waals surface area contributed by atoms with Crippen LogP contribution in [-0.2, 0) is 0 Å². The van der Waals surface area contributed by atoms with Crippen molar-refractivity contribution in [3.63, 3.8) is 0 Å². The van der Waals surface area contributed by atoms with Crippen molar-refractivity contribution in [3.8, 4) is 0 Å². The first kappa shape index (κ1) is 10.7. The average molecular weight is 195 g/mol. The smallest absolute Gasteiger partial charge is 0.269 e. The fourth-order valence-electron chi connectivity index (χ4n) is 1.26. The number of nitro groups is 1. The van der Waals surface area contributed by atoms with Crippen molar-refractivity contribution in [1.29, 1.82) is 0 Å². The molecule has 0 aromatic heterocycles. The highest BCUT2D eigenvalue weighted by atomic mass is 16.6. The van der Waals surface area contributed by atoms with Gasteiger partial charge < -0.3 is 5.11 Å². The molecule has 0 bridgehead atoms. The Morgan fingerprint density at radius 1 is 1.43 bits per heavy atom. The van der Waals surface area contributed by atoms with Gasteiger partial charge in [-0.1, -0.05) is 13.3 Å². The van der Waals surface area contributed by atoms with E-state index in [1.54, 1.807) is 12.1 Å². The molecular weight excluding hydrogens is 182 g/mol. The second-order valence-corrected chi connectivity index (χ2v) is 3.15. The molecule has 0 aliphatic rings. The molecule has 0 radical (unpaired) electrons. The average Bonchev–Trinajstić information content (AvgIpc) is 2.18. The topological polar surface area (TPSA) is 63.4 Å². The summed E-state index contributed by atoms with van der Waals surface area (Å²) in [5.41, 5.74) is 0.787. The zero-order chi connectivity index (χ0) is 10.6. The number of nitrogens with zero attached hydrogens (tertiary/aromatic N) is 1. The third-order valence-corrected chi connectivity index (χ3v) is 2.05. The van der Waals surface area contributed by atoms with E-state index in [1.807, 2.05) is 6.92 Å². The van der Waals surface area contributed by atoms with Gasteiger partial charge in [0.25, 0.3) is 5.69 Å². The zero-order valence-electron chi connectivity index (χ0n) is 8.01. The van der Waals surface area contributed by atoms with Crippen LogP contribution in [0.1, 0.15) is 31.4 Å². The maximum absolute atomic E-state index is 10.4. The molecule has 1 atom stereocenters. The molecule has 4 heteroatoms. The van der Waals surface area contributed by atoms with Crippen molar-refractivity contribution in [2.24, 2.45) is 0 Å². The van der Waals surface area contributed by atoms with Gasteiger partial charge in [0.2, 0.25) is 0 Å². The van der Waals surface area contributed by atoms with Gasteiger partial charge in [-0.3, -0.25) is 10.1 Å². The SMILES string of the molecule is CCCC(O)c1ccc([N+](=O)[O-])cc1. The summed E-state index contributed by atoms with van der Waals surface area (Å²) in [5, 5.41) is 19.9. The predicted octanol–water partition coefficient (Wildman–Crippen LogP) is 2.43. The van der Waals surface area contributed by atoms with Crippen LogP contribution < -0.4 is 0 Å². The van der Waals surface area contributed by atoms with E-state index in [0.717, 1.165) is 12.0 Å². The van der Waals surface area contributed by atoms with Gasteiger partial charge in [-0.05, 0) is 24.1 Å². The maximum atomic E-state index is 10.4. The molecule has 76 valence electrons. The Hall–Kier alpha value is -1.42. The van der Waals surface area contributed by atoms with E-state index in [0.29, 0.717) is 6.42 Å². The Balaban J connectivity index is 2.77. The molecule has 0 aliphatic carbocycles. The highest BCUT2D eigenvalue weighted by Gasteiger charge is 2.08. The Bertz CT molecular complexity index is 308. The summed E-state index contributed by atoms with van der Waals surface area (Å²) in [4.78, 5) is 9.90. The van der Waals surface area contributed by atoms with E-state index in [2.05, 4.69) is 0 Å². The largest absolute Gasteiger partial charge is 0.388 e. The molecule has 0 amide bonds. The number of hydrogen-bond acceptors (Lipinski definition) is 3. The molecule has 1 N–H and O–H groups in total. The normalized spacial score (nSPS) is 12.4. The van der Waals surface area contributed by atoms with E-state index < -0.39 is 11.0 Å². The van der Waals surface area contributed by atoms with Gasteiger partial charge in [0.05, 0.1) is 11.0 Å². The maximum Gasteiger partial charge on any atom is 0.269 e. The monoisotopic (exact) mass is 195 g/mol. The minimum atomic E-state index is -0.513. The van der Waals surface area contributed by atoms with Crippen LogP contribution in [0, 0.1) is 10.1 Å². The predicted molar refractivity (Wildman–Crippen MR) is 53.0 cm³/mol. The van der Waals surface area contributed by atoms with E-state index in [1.165, 1.54) is 12.1 Å². The van der Waals surface area contributed by atoms with Gasteiger partial charge in [-0.25, -0.2) is 0 Å². The van der Waals surface area contributed by atoms with Crippen LogP contribution in [0.15, 0.2) is 24.3 Å². The van der Waals surface area contributed by atoms with Gasteiger partial charge in [-0.15, -0.1) is 0 Å². The van der Waals surface area contributed by atoms with Crippen LogP contribution in [0.4, 0.5) is 5.69 Å². The number of aliphatic hydroxyl groups is 1. The van der Waals surface area contributed by atoms with Crippen molar-refractivity contribution in [2.45, 2.75) is 25.9 Å². The third kappa shape index (κ3) is 2.53. The van der Waals surface area contributed by atoms with Crippen LogP contribution in [-0.4, -0.2) is 10.0 Å². The van der Waals surface area contributed by atoms with Crippen molar-refractivity contribution in [2.75, 3.05) is 0 Å². The lowest BCUT2D eigenvalue weighted by atomic mass is 10.1. The van der Waals surface area contributed by atoms with Crippen molar-refractivity contribution >= 4 is 5.69 Å². The van der Waals surface area contributed by atoms with E-state index in [4.69, 9.17) is 0 Å². The summed E-state index contributed by atoms with van der Waals surface area (Å²) in [6.45, 7) is 1.98. The molecular formula is C10H13NO3. The molecule has 1 unspecified atom stereocenters. The number of aliphatic hydroxyl groups excluding tert-OH is 1. The lowest BCUT2D eigenvalue weighted by molar-refractivity contribution is -0.384. The highest BCUT2D eigenvalue weighted by molar-refractivity contribution is 5.33. The number of non-ortho nitro benzene ring substituents is 1. The van der Waals surface area contributed by atoms with Crippen LogP contribution in [0.5, 0.6) is 0 Å². The van der Waals surface area contributed by atoms with Crippen molar-refractivity contribution < 1.29 is 10.0 Å². The standard InChI is InChI=1S/C10H13NO3/c1-2-3-10(12)8-4-6-9(7-5-8)11(13)14/h4-7,10,12H,2-3H2,1H3. The quantitative estimate of drug-likeness (QED) is 0.592. The molecule has 0 aliphatic heterocycles. The van der Waals surface area contributed by atoms with Crippen LogP contribution in [0.3, 0.4) is 0 Å². The first-order valence-electron chi connectivity index (χ1n) is 4.57. The van der Waals surface area contributed by atoms with Crippen LogP contribution in [0.2, 0.25) is 0 Å². The second kappa shape index (κ2) is 4.72. The molecule has 14 heavy (non-hydrogen) atoms. The minimum absolute atomic E-state index is 0.0532. The Kier molecular flexibility index (Phi) is 3.59. The molecule has 1 rings (SSSR count). The summed E-state index contributed by atoms with van der Waals surface area (Å²) in [6.07, 6.45) is 1.05. The molecule has 1 aromatic carbocycles. The number of benzene rings is 1. The molecule has 0 saturated heterocycles. The fraction of sp³-hybridized carbons (Fsp3) is 0.400. The number of nitro benzene ring substituents is 1. The van der Waals surface area contributed by atoms with Gasteiger partial charge in [0, 0.05) is 12.1 Å². The summed E-state index contributed by atoms with van der Waals surface area (Å²) < 4.78 is 0. The van der Waals surface area contributed by atoms with Gasteiger partial charge in [0.15, 0.2) is 0 Å². The first-order valence-corrected chi connectivity index (χ1v) is 4.57.